The van der Waals surface area contributed by atoms with Crippen molar-refractivity contribution < 1.29 is 9.47 Å². The third kappa shape index (κ3) is 2.13. The number of pyridine rings is 1. The van der Waals surface area contributed by atoms with E-state index in [0.29, 0.717) is 12.2 Å². The predicted octanol–water partition coefficient (Wildman–Crippen LogP) is 3.51. The Morgan fingerprint density at radius 1 is 1.00 bits per heavy atom. The summed E-state index contributed by atoms with van der Waals surface area (Å²) in [5.41, 5.74) is 2.50. The minimum Gasteiger partial charge on any atom is -0.618 e. The number of hydrogen-bond acceptors (Lipinski definition) is 2. The van der Waals surface area contributed by atoms with E-state index in [0.717, 1.165) is 33.9 Å². The Hall–Kier alpha value is -2.03. The van der Waals surface area contributed by atoms with Gasteiger partial charge in [0.05, 0.1) is 0 Å². The first kappa shape index (κ1) is 13.0. The van der Waals surface area contributed by atoms with Crippen LogP contribution in [0.4, 0.5) is 0 Å². The molecule has 3 heteroatoms. The monoisotopic (exact) mass is 269 g/mol. The van der Waals surface area contributed by atoms with Crippen LogP contribution in [-0.4, -0.2) is 0 Å². The lowest BCUT2D eigenvalue weighted by Gasteiger charge is -2.20. The molecule has 0 fully saturated rings. The van der Waals surface area contributed by atoms with E-state index in [9.17, 15) is 5.21 Å². The number of aromatic nitrogens is 1. The minimum atomic E-state index is -0.171. The molecule has 2 heterocycles. The van der Waals surface area contributed by atoms with Gasteiger partial charge < -0.3 is 9.94 Å². The van der Waals surface area contributed by atoms with Gasteiger partial charge in [-0.2, -0.15) is 4.73 Å². The van der Waals surface area contributed by atoms with Crippen molar-refractivity contribution in [2.24, 2.45) is 0 Å². The second-order valence-electron chi connectivity index (χ2n) is 6.28. The van der Waals surface area contributed by atoms with Gasteiger partial charge in [-0.3, -0.25) is 0 Å². The Morgan fingerprint density at radius 3 is 2.50 bits per heavy atom. The lowest BCUT2D eigenvalue weighted by atomic mass is 9.91. The first-order chi connectivity index (χ1) is 9.47. The highest BCUT2D eigenvalue weighted by Gasteiger charge is 2.29. The molecule has 0 unspecified atom stereocenters. The molecule has 1 aliphatic heterocycles. The van der Waals surface area contributed by atoms with Crippen molar-refractivity contribution in [3.05, 3.63) is 58.6 Å². The number of rotatable bonds is 0. The summed E-state index contributed by atoms with van der Waals surface area (Å²) in [6.07, 6.45) is 1.54. The van der Waals surface area contributed by atoms with E-state index >= 15 is 0 Å². The van der Waals surface area contributed by atoms with Crippen LogP contribution in [0.2, 0.25) is 0 Å². The number of nitrogens with zero attached hydrogens (tertiary/aromatic N) is 1. The van der Waals surface area contributed by atoms with Gasteiger partial charge in [0.1, 0.15) is 5.75 Å². The van der Waals surface area contributed by atoms with Gasteiger partial charge in [-0.05, 0) is 24.1 Å². The molecule has 0 amide bonds. The fourth-order valence-electron chi connectivity index (χ4n) is 2.62. The number of hydrogen-bond donors (Lipinski definition) is 0. The van der Waals surface area contributed by atoms with Crippen LogP contribution in [0.5, 0.6) is 11.5 Å². The largest absolute Gasteiger partial charge is 0.618 e. The topological polar surface area (TPSA) is 36.2 Å². The van der Waals surface area contributed by atoms with Crippen LogP contribution in [0.3, 0.4) is 0 Å². The molecule has 3 rings (SSSR count). The molecule has 0 radical (unpaired) electrons. The molecule has 0 saturated heterocycles. The Balaban J connectivity index is 2.10. The molecular formula is C17H19NO2. The minimum absolute atomic E-state index is 0.171. The zero-order valence-electron chi connectivity index (χ0n) is 12.1. The fourth-order valence-corrected chi connectivity index (χ4v) is 2.62. The maximum Gasteiger partial charge on any atom is 0.236 e. The van der Waals surface area contributed by atoms with E-state index in [-0.39, 0.29) is 5.41 Å². The molecule has 1 aromatic heterocycles. The van der Waals surface area contributed by atoms with E-state index in [1.165, 1.54) is 0 Å². The summed E-state index contributed by atoms with van der Waals surface area (Å²) in [5, 5.41) is 12.6. The van der Waals surface area contributed by atoms with Crippen LogP contribution in [0.1, 0.15) is 37.7 Å². The van der Waals surface area contributed by atoms with Crippen LogP contribution < -0.4 is 9.47 Å². The Kier molecular flexibility index (Phi) is 2.93. The van der Waals surface area contributed by atoms with Crippen molar-refractivity contribution in [2.75, 3.05) is 0 Å². The van der Waals surface area contributed by atoms with Crippen LogP contribution >= 0.6 is 0 Å². The molecule has 3 nitrogen and oxygen atoms in total. The highest BCUT2D eigenvalue weighted by molar-refractivity contribution is 5.42. The Labute approximate surface area is 119 Å². The molecule has 0 bridgehead atoms. The van der Waals surface area contributed by atoms with Crippen LogP contribution in [0.15, 0.2) is 36.4 Å². The smallest absolute Gasteiger partial charge is 0.236 e. The number of ether oxygens (including phenoxy) is 1. The molecular weight excluding hydrogens is 250 g/mol. The van der Waals surface area contributed by atoms with Crippen molar-refractivity contribution in [3.63, 3.8) is 0 Å². The maximum atomic E-state index is 12.6. The second kappa shape index (κ2) is 4.51. The number of benzene rings is 1. The SMILES string of the molecule is CC(C)(C)c1ccc2c([n+]1[O-])CCc1ccccc1O2. The molecule has 0 N–H and O–H groups in total. The third-order valence-corrected chi connectivity index (χ3v) is 3.73. The van der Waals surface area contributed by atoms with E-state index in [4.69, 9.17) is 4.74 Å². The standard InChI is InChI=1S/C17H19NO2/c1-17(2,3)16-11-10-15-13(18(16)19)9-8-12-6-4-5-7-14(12)20-15/h4-7,10-11H,8-9H2,1-3H3. The zero-order valence-corrected chi connectivity index (χ0v) is 12.1. The van der Waals surface area contributed by atoms with Crippen molar-refractivity contribution in [3.8, 4) is 11.5 Å². The van der Waals surface area contributed by atoms with Gasteiger partial charge >= 0.3 is 0 Å². The Morgan fingerprint density at radius 2 is 1.75 bits per heavy atom. The lowest BCUT2D eigenvalue weighted by Crippen LogP contribution is -2.42. The average Bonchev–Trinajstić information content (AvgIpc) is 2.57. The van der Waals surface area contributed by atoms with Gasteiger partial charge in [0.2, 0.25) is 5.69 Å². The molecule has 20 heavy (non-hydrogen) atoms. The number of fused-ring (bicyclic) bond motifs is 2. The molecule has 104 valence electrons. The van der Waals surface area contributed by atoms with E-state index < -0.39 is 0 Å². The summed E-state index contributed by atoms with van der Waals surface area (Å²) in [6, 6.07) is 11.8. The maximum absolute atomic E-state index is 12.6. The van der Waals surface area contributed by atoms with Gasteiger partial charge in [-0.15, -0.1) is 0 Å². The first-order valence-electron chi connectivity index (χ1n) is 6.98. The summed E-state index contributed by atoms with van der Waals surface area (Å²) >= 11 is 0. The number of para-hydroxylation sites is 1. The highest BCUT2D eigenvalue weighted by atomic mass is 16.5. The quantitative estimate of drug-likeness (QED) is 0.542. The molecule has 0 atom stereocenters. The summed E-state index contributed by atoms with van der Waals surface area (Å²) in [4.78, 5) is 0. The summed E-state index contributed by atoms with van der Waals surface area (Å²) in [6.45, 7) is 6.15. The second-order valence-corrected chi connectivity index (χ2v) is 6.28. The van der Waals surface area contributed by atoms with Gasteiger partial charge in [0, 0.05) is 17.9 Å². The Bertz CT molecular complexity index is 657. The average molecular weight is 269 g/mol. The van der Waals surface area contributed by atoms with Gasteiger partial charge in [0.25, 0.3) is 0 Å². The predicted molar refractivity (Wildman–Crippen MR) is 78.0 cm³/mol. The van der Waals surface area contributed by atoms with Crippen LogP contribution in [0.25, 0.3) is 0 Å². The molecule has 2 aromatic rings. The fraction of sp³-hybridized carbons (Fsp3) is 0.353. The van der Waals surface area contributed by atoms with Gasteiger partial charge in [-0.25, -0.2) is 0 Å². The van der Waals surface area contributed by atoms with Gasteiger partial charge in [-0.1, -0.05) is 39.0 Å². The zero-order chi connectivity index (χ0) is 14.3. The van der Waals surface area contributed by atoms with E-state index in [1.54, 1.807) is 0 Å². The molecule has 0 spiro atoms. The summed E-state index contributed by atoms with van der Waals surface area (Å²) in [5.74, 6) is 1.53. The van der Waals surface area contributed by atoms with Gasteiger partial charge in [0.15, 0.2) is 11.4 Å². The number of aryl methyl sites for hydroxylation is 1. The molecule has 0 aliphatic carbocycles. The summed E-state index contributed by atoms with van der Waals surface area (Å²) < 4.78 is 6.99. The molecule has 1 aromatic carbocycles. The van der Waals surface area contributed by atoms with Crippen molar-refractivity contribution in [2.45, 2.75) is 39.0 Å². The van der Waals surface area contributed by atoms with Crippen molar-refractivity contribution in [1.29, 1.82) is 0 Å². The lowest BCUT2D eigenvalue weighted by molar-refractivity contribution is -0.626. The molecule has 0 saturated carbocycles. The normalized spacial score (nSPS) is 13.9. The van der Waals surface area contributed by atoms with Crippen molar-refractivity contribution >= 4 is 0 Å². The molecule has 1 aliphatic rings. The first-order valence-corrected chi connectivity index (χ1v) is 6.98. The highest BCUT2D eigenvalue weighted by Crippen LogP contribution is 2.33. The summed E-state index contributed by atoms with van der Waals surface area (Å²) in [7, 11) is 0. The van der Waals surface area contributed by atoms with Crippen molar-refractivity contribution in [1.82, 2.24) is 0 Å². The third-order valence-electron chi connectivity index (χ3n) is 3.73. The van der Waals surface area contributed by atoms with E-state index in [2.05, 4.69) is 26.8 Å². The van der Waals surface area contributed by atoms with Crippen LogP contribution in [0, 0.1) is 5.21 Å². The van der Waals surface area contributed by atoms with E-state index in [1.807, 2.05) is 30.3 Å². The van der Waals surface area contributed by atoms with Crippen LogP contribution in [-0.2, 0) is 18.3 Å².